The van der Waals surface area contributed by atoms with Crippen molar-refractivity contribution in [3.8, 4) is 0 Å². The number of benzene rings is 2. The molecule has 0 aliphatic rings. The third kappa shape index (κ3) is 4.45. The monoisotopic (exact) mass is 318 g/mol. The molecule has 2 heteroatoms. The van der Waals surface area contributed by atoms with Crippen molar-refractivity contribution in [1.82, 2.24) is 0 Å². The Morgan fingerprint density at radius 2 is 1.79 bits per heavy atom. The summed E-state index contributed by atoms with van der Waals surface area (Å²) in [4.78, 5) is 1.92. The lowest BCUT2D eigenvalue weighted by molar-refractivity contribution is 0.824. The normalized spacial score (nSPS) is 11.2. The molecule has 0 aromatic heterocycles. The van der Waals surface area contributed by atoms with Crippen molar-refractivity contribution in [1.29, 1.82) is 5.41 Å². The number of amidine groups is 1. The highest BCUT2D eigenvalue weighted by molar-refractivity contribution is 6.07. The van der Waals surface area contributed by atoms with Gasteiger partial charge in [0, 0.05) is 18.3 Å². The number of hydrogen-bond acceptors (Lipinski definition) is 1. The van der Waals surface area contributed by atoms with E-state index in [1.165, 1.54) is 24.0 Å². The maximum absolute atomic E-state index is 8.44. The molecule has 0 fully saturated rings. The quantitative estimate of drug-likeness (QED) is 0.383. The van der Waals surface area contributed by atoms with Crippen molar-refractivity contribution in [2.45, 2.75) is 26.2 Å². The SMILES string of the molecule is C=C/C=C(/CCCC)c1cccc(N(C)C(=N)c2ccccc2)c1. The Morgan fingerprint density at radius 3 is 2.46 bits per heavy atom. The summed E-state index contributed by atoms with van der Waals surface area (Å²) < 4.78 is 0. The summed E-state index contributed by atoms with van der Waals surface area (Å²) in [5, 5.41) is 8.44. The van der Waals surface area contributed by atoms with E-state index in [4.69, 9.17) is 5.41 Å². The van der Waals surface area contributed by atoms with Gasteiger partial charge in [0.1, 0.15) is 5.84 Å². The number of hydrogen-bond donors (Lipinski definition) is 1. The predicted molar refractivity (Wildman–Crippen MR) is 106 cm³/mol. The number of nitrogens with one attached hydrogen (secondary N) is 1. The van der Waals surface area contributed by atoms with E-state index in [-0.39, 0.29) is 0 Å². The summed E-state index contributed by atoms with van der Waals surface area (Å²) >= 11 is 0. The van der Waals surface area contributed by atoms with Crippen LogP contribution in [0.15, 0.2) is 73.3 Å². The first kappa shape index (κ1) is 17.7. The van der Waals surface area contributed by atoms with E-state index in [1.807, 2.05) is 54.4 Å². The van der Waals surface area contributed by atoms with Gasteiger partial charge in [0.15, 0.2) is 0 Å². The van der Waals surface area contributed by atoms with Gasteiger partial charge < -0.3 is 4.90 Å². The second-order valence-electron chi connectivity index (χ2n) is 5.86. The molecular weight excluding hydrogens is 292 g/mol. The molecule has 124 valence electrons. The van der Waals surface area contributed by atoms with E-state index in [0.29, 0.717) is 5.84 Å². The summed E-state index contributed by atoms with van der Waals surface area (Å²) in [6, 6.07) is 18.2. The average molecular weight is 318 g/mol. The topological polar surface area (TPSA) is 27.1 Å². The van der Waals surface area contributed by atoms with Crippen LogP contribution in [0.2, 0.25) is 0 Å². The van der Waals surface area contributed by atoms with Gasteiger partial charge in [0.2, 0.25) is 0 Å². The molecule has 0 heterocycles. The number of rotatable bonds is 7. The minimum absolute atomic E-state index is 0.496. The molecule has 0 atom stereocenters. The van der Waals surface area contributed by atoms with E-state index >= 15 is 0 Å². The molecule has 1 N–H and O–H groups in total. The molecule has 2 aromatic rings. The Balaban J connectivity index is 2.27. The predicted octanol–water partition coefficient (Wildman–Crippen LogP) is 5.91. The summed E-state index contributed by atoms with van der Waals surface area (Å²) in [5.74, 6) is 0.496. The van der Waals surface area contributed by atoms with Crippen molar-refractivity contribution in [2.75, 3.05) is 11.9 Å². The first-order chi connectivity index (χ1) is 11.7. The zero-order chi connectivity index (χ0) is 17.4. The van der Waals surface area contributed by atoms with Crippen LogP contribution in [-0.2, 0) is 0 Å². The molecule has 2 rings (SSSR count). The number of allylic oxidation sites excluding steroid dienone is 3. The molecule has 0 spiro atoms. The first-order valence-corrected chi connectivity index (χ1v) is 8.47. The summed E-state index contributed by atoms with van der Waals surface area (Å²) in [6.45, 7) is 6.04. The van der Waals surface area contributed by atoms with Crippen LogP contribution < -0.4 is 4.90 Å². The molecule has 0 bridgehead atoms. The van der Waals surface area contributed by atoms with Crippen LogP contribution in [0.5, 0.6) is 0 Å². The van der Waals surface area contributed by atoms with Gasteiger partial charge in [-0.2, -0.15) is 0 Å². The number of anilines is 1. The van der Waals surface area contributed by atoms with E-state index in [1.54, 1.807) is 0 Å². The highest BCUT2D eigenvalue weighted by Gasteiger charge is 2.10. The Bertz CT molecular complexity index is 714. The molecule has 2 aromatic carbocycles. The fraction of sp³-hybridized carbons (Fsp3) is 0.227. The Kier molecular flexibility index (Phi) is 6.56. The van der Waals surface area contributed by atoms with Gasteiger partial charge in [-0.25, -0.2) is 0 Å². The molecule has 0 aliphatic carbocycles. The third-order valence-electron chi connectivity index (χ3n) is 4.11. The lowest BCUT2D eigenvalue weighted by Crippen LogP contribution is -2.26. The van der Waals surface area contributed by atoms with Crippen LogP contribution in [0.25, 0.3) is 5.57 Å². The zero-order valence-corrected chi connectivity index (χ0v) is 14.6. The summed E-state index contributed by atoms with van der Waals surface area (Å²) in [5.41, 5.74) is 4.44. The standard InChI is InChI=1S/C22H26N2/c1-4-6-12-18(11-5-2)20-15-10-16-21(17-20)24(3)22(23)19-13-8-7-9-14-19/h5,7-11,13-17,23H,2,4,6,12H2,1,3H3/b18-11-,23-22?. The Morgan fingerprint density at radius 1 is 1.08 bits per heavy atom. The lowest BCUT2D eigenvalue weighted by Gasteiger charge is -2.21. The van der Waals surface area contributed by atoms with E-state index in [2.05, 4.69) is 37.8 Å². The minimum Gasteiger partial charge on any atom is -0.329 e. The smallest absolute Gasteiger partial charge is 0.132 e. The minimum atomic E-state index is 0.496. The molecule has 0 unspecified atom stereocenters. The maximum atomic E-state index is 8.44. The first-order valence-electron chi connectivity index (χ1n) is 8.47. The van der Waals surface area contributed by atoms with Gasteiger partial charge in [0.25, 0.3) is 0 Å². The highest BCUT2D eigenvalue weighted by Crippen LogP contribution is 2.25. The molecule has 0 saturated heterocycles. The van der Waals surface area contributed by atoms with Crippen LogP contribution >= 0.6 is 0 Å². The van der Waals surface area contributed by atoms with E-state index in [9.17, 15) is 0 Å². The van der Waals surface area contributed by atoms with Crippen molar-refractivity contribution in [3.05, 3.63) is 84.5 Å². The van der Waals surface area contributed by atoms with Gasteiger partial charge in [0.05, 0.1) is 0 Å². The Labute approximate surface area is 145 Å². The van der Waals surface area contributed by atoms with Gasteiger partial charge in [-0.15, -0.1) is 0 Å². The van der Waals surface area contributed by atoms with E-state index in [0.717, 1.165) is 17.7 Å². The lowest BCUT2D eigenvalue weighted by atomic mass is 9.99. The highest BCUT2D eigenvalue weighted by atomic mass is 15.1. The molecule has 2 nitrogen and oxygen atoms in total. The maximum Gasteiger partial charge on any atom is 0.132 e. The largest absolute Gasteiger partial charge is 0.329 e. The van der Waals surface area contributed by atoms with Gasteiger partial charge in [-0.3, -0.25) is 5.41 Å². The molecule has 0 radical (unpaired) electrons. The van der Waals surface area contributed by atoms with Gasteiger partial charge in [-0.05, 0) is 36.1 Å². The fourth-order valence-corrected chi connectivity index (χ4v) is 2.67. The molecule has 0 amide bonds. The zero-order valence-electron chi connectivity index (χ0n) is 14.6. The van der Waals surface area contributed by atoms with E-state index < -0.39 is 0 Å². The summed E-state index contributed by atoms with van der Waals surface area (Å²) in [7, 11) is 1.94. The molecule has 0 aliphatic heterocycles. The number of nitrogens with zero attached hydrogens (tertiary/aromatic N) is 1. The second-order valence-corrected chi connectivity index (χ2v) is 5.86. The van der Waals surface area contributed by atoms with Crippen molar-refractivity contribution >= 4 is 17.1 Å². The van der Waals surface area contributed by atoms with Crippen LogP contribution in [0.3, 0.4) is 0 Å². The van der Waals surface area contributed by atoms with Crippen LogP contribution in [-0.4, -0.2) is 12.9 Å². The fourth-order valence-electron chi connectivity index (χ4n) is 2.67. The van der Waals surface area contributed by atoms with Gasteiger partial charge in [-0.1, -0.05) is 74.5 Å². The average Bonchev–Trinajstić information content (AvgIpc) is 2.64. The number of unbranched alkanes of at least 4 members (excludes halogenated alkanes) is 1. The molecule has 0 saturated carbocycles. The molecule has 24 heavy (non-hydrogen) atoms. The van der Waals surface area contributed by atoms with Crippen molar-refractivity contribution in [2.24, 2.45) is 0 Å². The van der Waals surface area contributed by atoms with Crippen LogP contribution in [0, 0.1) is 5.41 Å². The van der Waals surface area contributed by atoms with Crippen molar-refractivity contribution < 1.29 is 0 Å². The van der Waals surface area contributed by atoms with Gasteiger partial charge >= 0.3 is 0 Å². The van der Waals surface area contributed by atoms with Crippen LogP contribution in [0.1, 0.15) is 37.3 Å². The Hall–Kier alpha value is -2.61. The van der Waals surface area contributed by atoms with Crippen molar-refractivity contribution in [3.63, 3.8) is 0 Å². The second kappa shape index (κ2) is 8.88. The molecular formula is C22H26N2. The van der Waals surface area contributed by atoms with Crippen LogP contribution in [0.4, 0.5) is 5.69 Å². The third-order valence-corrected chi connectivity index (χ3v) is 4.11. The summed E-state index contributed by atoms with van der Waals surface area (Å²) in [6.07, 6.45) is 7.34.